The molecule has 2 heterocycles. The Hall–Kier alpha value is -1.95. The standard InChI is InChI=1S/C19H28N4O2/c1-13(2)23-17-15(11-21-23)10-16(14(3)22-17)18(24)20-12-19(25)8-6-4-5-7-9-19/h10-11,13,25H,4-9,12H2,1-3H3,(H,20,24). The van der Waals surface area contributed by atoms with E-state index < -0.39 is 5.60 Å². The van der Waals surface area contributed by atoms with Crippen molar-refractivity contribution in [3.63, 3.8) is 0 Å². The van der Waals surface area contributed by atoms with Crippen molar-refractivity contribution in [3.8, 4) is 0 Å². The van der Waals surface area contributed by atoms with Gasteiger partial charge in [-0.2, -0.15) is 5.10 Å². The average molecular weight is 344 g/mol. The molecular formula is C19H28N4O2. The first-order chi connectivity index (χ1) is 11.9. The van der Waals surface area contributed by atoms with Gasteiger partial charge >= 0.3 is 0 Å². The normalized spacial score (nSPS) is 17.6. The Kier molecular flexibility index (Phi) is 5.08. The molecule has 136 valence electrons. The van der Waals surface area contributed by atoms with Gasteiger partial charge in [0.25, 0.3) is 5.91 Å². The SMILES string of the molecule is Cc1nc2c(cnn2C(C)C)cc1C(=O)NCC1(O)CCCCCC1. The zero-order valence-electron chi connectivity index (χ0n) is 15.4. The molecule has 0 spiro atoms. The van der Waals surface area contributed by atoms with Gasteiger partial charge in [0.05, 0.1) is 23.1 Å². The maximum absolute atomic E-state index is 12.6. The van der Waals surface area contributed by atoms with E-state index in [4.69, 9.17) is 0 Å². The van der Waals surface area contributed by atoms with Crippen LogP contribution in [-0.4, -0.2) is 37.9 Å². The second-order valence-corrected chi connectivity index (χ2v) is 7.54. The summed E-state index contributed by atoms with van der Waals surface area (Å²) in [6.07, 6.45) is 7.62. The summed E-state index contributed by atoms with van der Waals surface area (Å²) in [7, 11) is 0. The molecule has 0 aromatic carbocycles. The first-order valence-corrected chi connectivity index (χ1v) is 9.25. The first kappa shape index (κ1) is 17.9. The van der Waals surface area contributed by atoms with Gasteiger partial charge in [-0.25, -0.2) is 9.67 Å². The number of pyridine rings is 1. The van der Waals surface area contributed by atoms with Gasteiger partial charge in [0.2, 0.25) is 0 Å². The summed E-state index contributed by atoms with van der Waals surface area (Å²) in [5, 5.41) is 18.8. The molecule has 1 amide bonds. The van der Waals surface area contributed by atoms with E-state index in [1.807, 2.05) is 17.7 Å². The van der Waals surface area contributed by atoms with E-state index in [0.717, 1.165) is 49.6 Å². The number of aryl methyl sites for hydroxylation is 1. The van der Waals surface area contributed by atoms with Crippen molar-refractivity contribution < 1.29 is 9.90 Å². The molecule has 3 rings (SSSR count). The Morgan fingerprint density at radius 1 is 1.32 bits per heavy atom. The van der Waals surface area contributed by atoms with E-state index in [2.05, 4.69) is 29.2 Å². The van der Waals surface area contributed by atoms with Gasteiger partial charge in [-0.1, -0.05) is 25.7 Å². The molecule has 0 bridgehead atoms. The molecule has 1 aliphatic rings. The van der Waals surface area contributed by atoms with E-state index in [1.54, 1.807) is 6.20 Å². The van der Waals surface area contributed by atoms with Crippen LogP contribution >= 0.6 is 0 Å². The monoisotopic (exact) mass is 344 g/mol. The smallest absolute Gasteiger partial charge is 0.253 e. The number of aromatic nitrogens is 3. The molecule has 25 heavy (non-hydrogen) atoms. The molecule has 1 saturated carbocycles. The van der Waals surface area contributed by atoms with Crippen LogP contribution in [0.5, 0.6) is 0 Å². The van der Waals surface area contributed by atoms with Crippen molar-refractivity contribution in [2.24, 2.45) is 0 Å². The number of nitrogens with zero attached hydrogens (tertiary/aromatic N) is 3. The predicted molar refractivity (Wildman–Crippen MR) is 97.6 cm³/mol. The van der Waals surface area contributed by atoms with Crippen molar-refractivity contribution in [1.82, 2.24) is 20.1 Å². The minimum atomic E-state index is -0.778. The molecule has 0 unspecified atom stereocenters. The molecular weight excluding hydrogens is 316 g/mol. The van der Waals surface area contributed by atoms with Crippen LogP contribution in [0.1, 0.15) is 74.5 Å². The van der Waals surface area contributed by atoms with Crippen molar-refractivity contribution in [2.75, 3.05) is 6.54 Å². The summed E-state index contributed by atoms with van der Waals surface area (Å²) in [5.41, 5.74) is 1.25. The summed E-state index contributed by atoms with van der Waals surface area (Å²) in [4.78, 5) is 17.2. The maximum atomic E-state index is 12.6. The molecule has 0 radical (unpaired) electrons. The van der Waals surface area contributed by atoms with E-state index in [1.165, 1.54) is 0 Å². The number of aliphatic hydroxyl groups is 1. The van der Waals surface area contributed by atoms with Gasteiger partial charge in [0, 0.05) is 18.0 Å². The third-order valence-electron chi connectivity index (χ3n) is 5.11. The summed E-state index contributed by atoms with van der Waals surface area (Å²) >= 11 is 0. The van der Waals surface area contributed by atoms with E-state index in [0.29, 0.717) is 17.8 Å². The quantitative estimate of drug-likeness (QED) is 0.835. The van der Waals surface area contributed by atoms with Crippen LogP contribution in [-0.2, 0) is 0 Å². The Balaban J connectivity index is 1.76. The zero-order valence-corrected chi connectivity index (χ0v) is 15.4. The minimum Gasteiger partial charge on any atom is -0.388 e. The molecule has 2 aromatic rings. The minimum absolute atomic E-state index is 0.179. The maximum Gasteiger partial charge on any atom is 0.253 e. The van der Waals surface area contributed by atoms with Gasteiger partial charge < -0.3 is 10.4 Å². The van der Waals surface area contributed by atoms with Crippen LogP contribution < -0.4 is 5.32 Å². The number of fused-ring (bicyclic) bond motifs is 1. The first-order valence-electron chi connectivity index (χ1n) is 9.25. The summed E-state index contributed by atoms with van der Waals surface area (Å²) < 4.78 is 1.86. The number of hydrogen-bond donors (Lipinski definition) is 2. The molecule has 0 aliphatic heterocycles. The van der Waals surface area contributed by atoms with Gasteiger partial charge in [-0.3, -0.25) is 4.79 Å². The van der Waals surface area contributed by atoms with Crippen molar-refractivity contribution >= 4 is 16.9 Å². The number of carbonyl (C=O) groups is 1. The zero-order chi connectivity index (χ0) is 18.0. The van der Waals surface area contributed by atoms with E-state index >= 15 is 0 Å². The fraction of sp³-hybridized carbons (Fsp3) is 0.632. The number of rotatable bonds is 4. The average Bonchev–Trinajstić information content (AvgIpc) is 2.85. The number of nitrogens with one attached hydrogen (secondary N) is 1. The second kappa shape index (κ2) is 7.12. The molecule has 1 fully saturated rings. The van der Waals surface area contributed by atoms with Crippen LogP contribution in [0.4, 0.5) is 0 Å². The van der Waals surface area contributed by atoms with Gasteiger partial charge in [0.15, 0.2) is 5.65 Å². The van der Waals surface area contributed by atoms with E-state index in [-0.39, 0.29) is 11.9 Å². The van der Waals surface area contributed by atoms with Crippen molar-refractivity contribution in [1.29, 1.82) is 0 Å². The largest absolute Gasteiger partial charge is 0.388 e. The van der Waals surface area contributed by atoms with Crippen molar-refractivity contribution in [2.45, 2.75) is 70.9 Å². The lowest BCUT2D eigenvalue weighted by Crippen LogP contribution is -2.42. The van der Waals surface area contributed by atoms with Gasteiger partial charge in [-0.15, -0.1) is 0 Å². The molecule has 6 heteroatoms. The van der Waals surface area contributed by atoms with Crippen LogP contribution in [0.15, 0.2) is 12.3 Å². The summed E-state index contributed by atoms with van der Waals surface area (Å²) in [5.74, 6) is -0.179. The number of carbonyl (C=O) groups excluding carboxylic acids is 1. The third-order valence-corrected chi connectivity index (χ3v) is 5.11. The Bertz CT molecular complexity index is 758. The molecule has 2 N–H and O–H groups in total. The fourth-order valence-corrected chi connectivity index (χ4v) is 3.58. The number of amides is 1. The van der Waals surface area contributed by atoms with Crippen LogP contribution in [0.3, 0.4) is 0 Å². The molecule has 0 saturated heterocycles. The van der Waals surface area contributed by atoms with Crippen LogP contribution in [0, 0.1) is 6.92 Å². The third kappa shape index (κ3) is 3.84. The van der Waals surface area contributed by atoms with Gasteiger partial charge in [-0.05, 0) is 39.7 Å². The predicted octanol–water partition coefficient (Wildman–Crippen LogP) is 3.14. The fourth-order valence-electron chi connectivity index (χ4n) is 3.58. The summed E-state index contributed by atoms with van der Waals surface area (Å²) in [6.45, 7) is 6.25. The second-order valence-electron chi connectivity index (χ2n) is 7.54. The van der Waals surface area contributed by atoms with Crippen LogP contribution in [0.2, 0.25) is 0 Å². The van der Waals surface area contributed by atoms with Crippen LogP contribution in [0.25, 0.3) is 11.0 Å². The highest BCUT2D eigenvalue weighted by Crippen LogP contribution is 2.26. The highest BCUT2D eigenvalue weighted by Gasteiger charge is 2.28. The van der Waals surface area contributed by atoms with Gasteiger partial charge in [0.1, 0.15) is 0 Å². The van der Waals surface area contributed by atoms with Crippen molar-refractivity contribution in [3.05, 3.63) is 23.5 Å². The lowest BCUT2D eigenvalue weighted by molar-refractivity contribution is 0.0246. The lowest BCUT2D eigenvalue weighted by Gasteiger charge is -2.26. The molecule has 6 nitrogen and oxygen atoms in total. The molecule has 1 aliphatic carbocycles. The molecule has 0 atom stereocenters. The Labute approximate surface area is 148 Å². The topological polar surface area (TPSA) is 80.0 Å². The Morgan fingerprint density at radius 2 is 2.00 bits per heavy atom. The lowest BCUT2D eigenvalue weighted by atomic mass is 9.94. The summed E-state index contributed by atoms with van der Waals surface area (Å²) in [6, 6.07) is 2.06. The highest BCUT2D eigenvalue weighted by molar-refractivity contribution is 5.98. The Morgan fingerprint density at radius 3 is 2.64 bits per heavy atom. The highest BCUT2D eigenvalue weighted by atomic mass is 16.3. The number of hydrogen-bond acceptors (Lipinski definition) is 4. The molecule has 2 aromatic heterocycles. The van der Waals surface area contributed by atoms with E-state index in [9.17, 15) is 9.90 Å².